The Morgan fingerprint density at radius 3 is 2.66 bits per heavy atom. The maximum absolute atomic E-state index is 13.4. The lowest BCUT2D eigenvalue weighted by molar-refractivity contribution is -0.112. The monoisotopic (exact) mass is 665 g/mol. The van der Waals surface area contributed by atoms with Gasteiger partial charge in [0.2, 0.25) is 0 Å². The first kappa shape index (κ1) is 31.0. The number of likely N-dealkylation sites (N-methyl/N-ethyl adjacent to an activating group) is 1. The SMILES string of the molecule is CN1C=C(C#CC2CC2)C(O)=C(C(=O)Nc2cccc(Sc3cnc(N4CCC5(CC4)Cc4ncccc4[C@H]5N)cn3)c2Cl)C1=C=O. The molecule has 1 saturated carbocycles. The smallest absolute Gasteiger partial charge is 0.262 e. The Labute approximate surface area is 281 Å². The summed E-state index contributed by atoms with van der Waals surface area (Å²) in [6, 6.07) is 9.27. The van der Waals surface area contributed by atoms with E-state index in [1.165, 1.54) is 28.4 Å². The van der Waals surface area contributed by atoms with Crippen molar-refractivity contribution in [2.24, 2.45) is 17.1 Å². The number of anilines is 2. The minimum absolute atomic E-state index is 0.000903. The molecule has 1 spiro atoms. The second kappa shape index (κ2) is 12.5. The summed E-state index contributed by atoms with van der Waals surface area (Å²) in [6.07, 6.45) is 11.7. The number of allylic oxidation sites excluding steroid dienone is 1. The fraction of sp³-hybridized carbons (Fsp3) is 0.314. The minimum Gasteiger partial charge on any atom is -0.506 e. The number of aliphatic hydroxyl groups is 1. The van der Waals surface area contributed by atoms with Gasteiger partial charge in [-0.25, -0.2) is 14.8 Å². The van der Waals surface area contributed by atoms with E-state index in [1.807, 2.05) is 18.3 Å². The van der Waals surface area contributed by atoms with Gasteiger partial charge < -0.3 is 26.0 Å². The molecule has 10 nitrogen and oxygen atoms in total. The molecule has 2 fully saturated rings. The Kier molecular flexibility index (Phi) is 8.28. The number of benzene rings is 1. The molecule has 3 aromatic rings. The Hall–Kier alpha value is -4.59. The van der Waals surface area contributed by atoms with Crippen LogP contribution in [0, 0.1) is 23.2 Å². The number of carbonyl (C=O) groups excluding carboxylic acids is 2. The number of carbonyl (C=O) groups is 1. The average Bonchev–Trinajstić information content (AvgIpc) is 3.87. The summed E-state index contributed by atoms with van der Waals surface area (Å²) in [7, 11) is 1.60. The standard InChI is InChI=1S/C35H32ClN7O3S/c1-42-19-22(10-9-21-7-8-21)32(45)30(26(42)20-44)34(46)41-24-5-2-6-27(31(24)36)47-29-18-39-28(17-40-29)43-14-11-35(12-15-43)16-25-23(33(35)37)4-3-13-38-25/h2-6,13,17-19,21,33,45H,7-8,11-12,14-16,37H2,1H3,(H,41,46)/t33-/m1/s1. The fourth-order valence-corrected chi connectivity index (χ4v) is 7.48. The van der Waals surface area contributed by atoms with Gasteiger partial charge in [0.15, 0.2) is 5.94 Å². The molecule has 0 radical (unpaired) electrons. The lowest BCUT2D eigenvalue weighted by Gasteiger charge is -2.42. The Morgan fingerprint density at radius 2 is 1.96 bits per heavy atom. The summed E-state index contributed by atoms with van der Waals surface area (Å²) in [5.74, 6) is 7.78. The van der Waals surface area contributed by atoms with Crippen molar-refractivity contribution in [3.63, 3.8) is 0 Å². The molecule has 2 aliphatic heterocycles. The number of amides is 1. The maximum atomic E-state index is 13.4. The average molecular weight is 666 g/mol. The van der Waals surface area contributed by atoms with Crippen LogP contribution in [0.15, 0.2) is 87.6 Å². The molecular formula is C35H32ClN7O3S. The van der Waals surface area contributed by atoms with Crippen LogP contribution in [0.3, 0.4) is 0 Å². The molecule has 1 atom stereocenters. The van der Waals surface area contributed by atoms with Crippen LogP contribution in [0.5, 0.6) is 0 Å². The zero-order valence-electron chi connectivity index (χ0n) is 25.7. The number of hydrogen-bond donors (Lipinski definition) is 3. The van der Waals surface area contributed by atoms with E-state index >= 15 is 0 Å². The van der Waals surface area contributed by atoms with Crippen LogP contribution < -0.4 is 16.0 Å². The van der Waals surface area contributed by atoms with Crippen molar-refractivity contribution >= 4 is 46.7 Å². The second-order valence-corrected chi connectivity index (χ2v) is 13.7. The number of rotatable bonds is 5. The summed E-state index contributed by atoms with van der Waals surface area (Å²) in [5, 5.41) is 14.6. The normalized spacial score (nSPS) is 19.9. The van der Waals surface area contributed by atoms with Crippen molar-refractivity contribution in [3.8, 4) is 11.8 Å². The lowest BCUT2D eigenvalue weighted by atomic mass is 9.73. The van der Waals surface area contributed by atoms with Crippen LogP contribution in [0.4, 0.5) is 11.5 Å². The molecule has 2 aliphatic carbocycles. The van der Waals surface area contributed by atoms with Gasteiger partial charge in [-0.3, -0.25) is 9.78 Å². The Bertz CT molecular complexity index is 1930. The molecule has 1 amide bonds. The quantitative estimate of drug-likeness (QED) is 0.245. The van der Waals surface area contributed by atoms with Crippen molar-refractivity contribution in [3.05, 3.63) is 94.0 Å². The maximum Gasteiger partial charge on any atom is 0.262 e. The lowest BCUT2D eigenvalue weighted by Crippen LogP contribution is -2.44. The van der Waals surface area contributed by atoms with Crippen LogP contribution >= 0.6 is 23.4 Å². The number of nitrogens with two attached hydrogens (primary N) is 1. The number of halogens is 1. The molecule has 4 aliphatic rings. The highest BCUT2D eigenvalue weighted by Gasteiger charge is 2.46. The van der Waals surface area contributed by atoms with Gasteiger partial charge in [-0.2, -0.15) is 0 Å². The molecule has 2 aromatic heterocycles. The number of aliphatic hydroxyl groups excluding tert-OH is 1. The van der Waals surface area contributed by atoms with E-state index in [1.54, 1.807) is 37.5 Å². The number of piperidine rings is 1. The van der Waals surface area contributed by atoms with Gasteiger partial charge in [0.05, 0.1) is 28.7 Å². The molecular weight excluding hydrogens is 634 g/mol. The van der Waals surface area contributed by atoms with E-state index < -0.39 is 5.91 Å². The number of fused-ring (bicyclic) bond motifs is 1. The van der Waals surface area contributed by atoms with E-state index in [4.69, 9.17) is 22.3 Å². The van der Waals surface area contributed by atoms with Gasteiger partial charge in [0, 0.05) is 55.1 Å². The molecule has 7 rings (SSSR count). The van der Waals surface area contributed by atoms with Crippen molar-refractivity contribution in [2.75, 3.05) is 30.4 Å². The molecule has 0 unspecified atom stereocenters. The summed E-state index contributed by atoms with van der Waals surface area (Å²) >= 11 is 8.05. The Balaban J connectivity index is 1.02. The molecule has 47 heavy (non-hydrogen) atoms. The van der Waals surface area contributed by atoms with Gasteiger partial charge in [-0.05, 0) is 61.3 Å². The van der Waals surface area contributed by atoms with Crippen LogP contribution in [-0.2, 0) is 16.0 Å². The second-order valence-electron chi connectivity index (χ2n) is 12.3. The third-order valence-corrected chi connectivity index (χ3v) is 10.8. The van der Waals surface area contributed by atoms with Gasteiger partial charge in [-0.15, -0.1) is 0 Å². The van der Waals surface area contributed by atoms with Gasteiger partial charge in [0.1, 0.15) is 27.9 Å². The number of nitrogens with zero attached hydrogens (tertiary/aromatic N) is 5. The summed E-state index contributed by atoms with van der Waals surface area (Å²) in [4.78, 5) is 43.4. The zero-order valence-corrected chi connectivity index (χ0v) is 27.2. The molecule has 12 heteroatoms. The van der Waals surface area contributed by atoms with E-state index in [2.05, 4.69) is 38.1 Å². The molecule has 238 valence electrons. The van der Waals surface area contributed by atoms with Crippen LogP contribution in [0.25, 0.3) is 0 Å². The summed E-state index contributed by atoms with van der Waals surface area (Å²) in [6.45, 7) is 1.67. The van der Waals surface area contributed by atoms with Crippen molar-refractivity contribution in [1.29, 1.82) is 0 Å². The Morgan fingerprint density at radius 1 is 1.15 bits per heavy atom. The fourth-order valence-electron chi connectivity index (χ4n) is 6.41. The zero-order chi connectivity index (χ0) is 32.7. The highest BCUT2D eigenvalue weighted by Crippen LogP contribution is 2.50. The van der Waals surface area contributed by atoms with E-state index in [0.29, 0.717) is 21.5 Å². The van der Waals surface area contributed by atoms with Crippen LogP contribution in [0.1, 0.15) is 43.0 Å². The topological polar surface area (TPSA) is 138 Å². The molecule has 0 bridgehead atoms. The largest absolute Gasteiger partial charge is 0.506 e. The van der Waals surface area contributed by atoms with E-state index in [9.17, 15) is 14.7 Å². The van der Waals surface area contributed by atoms with Crippen molar-refractivity contribution in [1.82, 2.24) is 19.9 Å². The predicted octanol–water partition coefficient (Wildman–Crippen LogP) is 5.23. The first-order valence-corrected chi connectivity index (χ1v) is 16.6. The highest BCUT2D eigenvalue weighted by atomic mass is 35.5. The van der Waals surface area contributed by atoms with Gasteiger partial charge >= 0.3 is 0 Å². The van der Waals surface area contributed by atoms with Crippen LogP contribution in [-0.4, -0.2) is 56.9 Å². The highest BCUT2D eigenvalue weighted by molar-refractivity contribution is 7.99. The summed E-state index contributed by atoms with van der Waals surface area (Å²) in [5.41, 5.74) is 9.28. The third kappa shape index (κ3) is 6.01. The van der Waals surface area contributed by atoms with E-state index in [-0.39, 0.29) is 39.1 Å². The minimum atomic E-state index is -0.707. The van der Waals surface area contributed by atoms with Gasteiger partial charge in [0.25, 0.3) is 5.91 Å². The van der Waals surface area contributed by atoms with Crippen molar-refractivity contribution < 1.29 is 14.7 Å². The third-order valence-electron chi connectivity index (χ3n) is 9.28. The first-order valence-electron chi connectivity index (χ1n) is 15.5. The molecule has 4 heterocycles. The van der Waals surface area contributed by atoms with E-state index in [0.717, 1.165) is 56.7 Å². The first-order chi connectivity index (χ1) is 22.8. The van der Waals surface area contributed by atoms with Crippen LogP contribution in [0.2, 0.25) is 5.02 Å². The summed E-state index contributed by atoms with van der Waals surface area (Å²) < 4.78 is 0. The van der Waals surface area contributed by atoms with Gasteiger partial charge in [-0.1, -0.05) is 47.3 Å². The predicted molar refractivity (Wildman–Crippen MR) is 180 cm³/mol. The molecule has 4 N–H and O–H groups in total. The molecule has 1 aromatic carbocycles. The molecule has 1 saturated heterocycles. The number of hydrogen-bond acceptors (Lipinski definition) is 10. The number of nitrogens with one attached hydrogen (secondary N) is 1. The number of aromatic nitrogens is 3. The van der Waals surface area contributed by atoms with Crippen molar-refractivity contribution in [2.45, 2.75) is 48.1 Å². The number of pyridine rings is 1.